The Labute approximate surface area is 178 Å². The minimum Gasteiger partial charge on any atom is -0.459 e. The SMILES string of the molecule is CCCN(Cc1nnc(-c2ccco2)o1)C(=O)c1cnn(-c2ccc(Cl)cc2)c1C. The van der Waals surface area contributed by atoms with E-state index >= 15 is 0 Å². The quantitative estimate of drug-likeness (QED) is 0.432. The maximum atomic E-state index is 13.2. The monoisotopic (exact) mass is 425 g/mol. The van der Waals surface area contributed by atoms with E-state index in [1.54, 1.807) is 40.0 Å². The average molecular weight is 426 g/mol. The Bertz CT molecular complexity index is 1130. The Morgan fingerprint density at radius 1 is 1.20 bits per heavy atom. The van der Waals surface area contributed by atoms with Gasteiger partial charge in [0.2, 0.25) is 5.89 Å². The molecule has 0 radical (unpaired) electrons. The molecule has 30 heavy (non-hydrogen) atoms. The molecule has 0 N–H and O–H groups in total. The minimum atomic E-state index is -0.146. The number of nitrogens with zero attached hydrogens (tertiary/aromatic N) is 5. The van der Waals surface area contributed by atoms with Gasteiger partial charge in [-0.3, -0.25) is 4.79 Å². The molecule has 0 fully saturated rings. The Hall–Kier alpha value is -3.39. The highest BCUT2D eigenvalue weighted by molar-refractivity contribution is 6.30. The predicted molar refractivity (Wildman–Crippen MR) is 110 cm³/mol. The molecule has 1 aromatic carbocycles. The van der Waals surface area contributed by atoms with Gasteiger partial charge in [-0.25, -0.2) is 4.68 Å². The lowest BCUT2D eigenvalue weighted by Crippen LogP contribution is -2.31. The van der Waals surface area contributed by atoms with E-state index in [0.29, 0.717) is 28.8 Å². The van der Waals surface area contributed by atoms with Crippen molar-refractivity contribution in [1.82, 2.24) is 24.9 Å². The summed E-state index contributed by atoms with van der Waals surface area (Å²) in [5.41, 5.74) is 2.09. The molecule has 4 rings (SSSR count). The summed E-state index contributed by atoms with van der Waals surface area (Å²) in [6.45, 7) is 4.61. The number of aromatic nitrogens is 4. The van der Waals surface area contributed by atoms with Gasteiger partial charge >= 0.3 is 0 Å². The predicted octanol–water partition coefficient (Wildman–Crippen LogP) is 4.53. The van der Waals surface area contributed by atoms with Crippen molar-refractivity contribution in [2.45, 2.75) is 26.8 Å². The molecule has 0 aliphatic heterocycles. The molecular weight excluding hydrogens is 406 g/mol. The molecular formula is C21H20ClN5O3. The molecule has 0 aliphatic rings. The molecule has 3 heterocycles. The summed E-state index contributed by atoms with van der Waals surface area (Å²) < 4.78 is 12.7. The first-order valence-corrected chi connectivity index (χ1v) is 9.90. The van der Waals surface area contributed by atoms with Crippen LogP contribution in [0.4, 0.5) is 0 Å². The normalized spacial score (nSPS) is 11.0. The van der Waals surface area contributed by atoms with Crippen LogP contribution in [0.5, 0.6) is 0 Å². The van der Waals surface area contributed by atoms with E-state index in [9.17, 15) is 4.79 Å². The summed E-state index contributed by atoms with van der Waals surface area (Å²) in [4.78, 5) is 14.9. The van der Waals surface area contributed by atoms with Gasteiger partial charge in [0.05, 0.1) is 35.9 Å². The van der Waals surface area contributed by atoms with Gasteiger partial charge < -0.3 is 13.7 Å². The summed E-state index contributed by atoms with van der Waals surface area (Å²) in [7, 11) is 0. The lowest BCUT2D eigenvalue weighted by molar-refractivity contribution is 0.0728. The van der Waals surface area contributed by atoms with E-state index in [1.165, 1.54) is 6.26 Å². The van der Waals surface area contributed by atoms with Gasteiger partial charge in [-0.05, 0) is 49.7 Å². The lowest BCUT2D eigenvalue weighted by atomic mass is 10.2. The number of amides is 1. The summed E-state index contributed by atoms with van der Waals surface area (Å²) in [6, 6.07) is 10.8. The number of hydrogen-bond acceptors (Lipinski definition) is 6. The van der Waals surface area contributed by atoms with Crippen molar-refractivity contribution in [1.29, 1.82) is 0 Å². The first-order chi connectivity index (χ1) is 14.6. The van der Waals surface area contributed by atoms with Crippen molar-refractivity contribution < 1.29 is 13.6 Å². The zero-order chi connectivity index (χ0) is 21.1. The van der Waals surface area contributed by atoms with Gasteiger partial charge in [-0.2, -0.15) is 5.10 Å². The second-order valence-electron chi connectivity index (χ2n) is 6.74. The molecule has 8 nitrogen and oxygen atoms in total. The van der Waals surface area contributed by atoms with Crippen molar-refractivity contribution in [2.75, 3.05) is 6.54 Å². The second kappa shape index (κ2) is 8.54. The minimum absolute atomic E-state index is 0.146. The van der Waals surface area contributed by atoms with Crippen LogP contribution < -0.4 is 0 Å². The Morgan fingerprint density at radius 3 is 2.70 bits per heavy atom. The third-order valence-corrected chi connectivity index (χ3v) is 4.87. The summed E-state index contributed by atoms with van der Waals surface area (Å²) >= 11 is 5.97. The number of carbonyl (C=O) groups is 1. The van der Waals surface area contributed by atoms with E-state index in [4.69, 9.17) is 20.4 Å². The number of carbonyl (C=O) groups excluding carboxylic acids is 1. The maximum Gasteiger partial charge on any atom is 0.283 e. The molecule has 9 heteroatoms. The summed E-state index contributed by atoms with van der Waals surface area (Å²) in [5.74, 6) is 0.964. The van der Waals surface area contributed by atoms with Crippen LogP contribution in [0.2, 0.25) is 5.02 Å². The van der Waals surface area contributed by atoms with Crippen molar-refractivity contribution in [3.63, 3.8) is 0 Å². The van der Waals surface area contributed by atoms with Gasteiger partial charge in [0.1, 0.15) is 0 Å². The van der Waals surface area contributed by atoms with Gasteiger partial charge in [-0.1, -0.05) is 18.5 Å². The number of furan rings is 1. The highest BCUT2D eigenvalue weighted by atomic mass is 35.5. The van der Waals surface area contributed by atoms with Crippen LogP contribution in [-0.2, 0) is 6.54 Å². The van der Waals surface area contributed by atoms with Crippen LogP contribution in [-0.4, -0.2) is 37.3 Å². The Kier molecular flexibility index (Phi) is 5.67. The standard InChI is InChI=1S/C21H20ClN5O3/c1-3-10-26(13-19-24-25-20(30-19)18-5-4-11-29-18)21(28)17-12-23-27(14(17)2)16-8-6-15(22)7-9-16/h4-9,11-12H,3,10,13H2,1-2H3. The Balaban J connectivity index is 1.56. The molecule has 0 bridgehead atoms. The number of hydrogen-bond donors (Lipinski definition) is 0. The van der Waals surface area contributed by atoms with Crippen LogP contribution in [0, 0.1) is 6.92 Å². The maximum absolute atomic E-state index is 13.2. The highest BCUT2D eigenvalue weighted by Gasteiger charge is 2.23. The number of halogens is 1. The van der Waals surface area contributed by atoms with E-state index < -0.39 is 0 Å². The molecule has 4 aromatic rings. The number of benzene rings is 1. The molecule has 0 saturated carbocycles. The van der Waals surface area contributed by atoms with Crippen LogP contribution in [0.25, 0.3) is 17.3 Å². The zero-order valence-corrected chi connectivity index (χ0v) is 17.3. The van der Waals surface area contributed by atoms with Crippen LogP contribution >= 0.6 is 11.6 Å². The van der Waals surface area contributed by atoms with Crippen LogP contribution in [0.15, 0.2) is 57.7 Å². The van der Waals surface area contributed by atoms with Crippen molar-refractivity contribution in [3.8, 4) is 17.3 Å². The molecule has 3 aromatic heterocycles. The van der Waals surface area contributed by atoms with E-state index in [1.807, 2.05) is 26.0 Å². The van der Waals surface area contributed by atoms with Crippen molar-refractivity contribution >= 4 is 17.5 Å². The summed E-state index contributed by atoms with van der Waals surface area (Å²) in [6.07, 6.45) is 3.90. The van der Waals surface area contributed by atoms with Crippen LogP contribution in [0.3, 0.4) is 0 Å². The largest absolute Gasteiger partial charge is 0.459 e. The second-order valence-corrected chi connectivity index (χ2v) is 7.17. The van der Waals surface area contributed by atoms with Crippen molar-refractivity contribution in [3.05, 3.63) is 71.0 Å². The van der Waals surface area contributed by atoms with Crippen LogP contribution in [0.1, 0.15) is 35.3 Å². The van der Waals surface area contributed by atoms with Gasteiger partial charge in [0, 0.05) is 11.6 Å². The first kappa shape index (κ1) is 19.9. The van der Waals surface area contributed by atoms with Gasteiger partial charge in [0.15, 0.2) is 5.76 Å². The van der Waals surface area contributed by atoms with Gasteiger partial charge in [0.25, 0.3) is 11.8 Å². The third kappa shape index (κ3) is 3.99. The Morgan fingerprint density at radius 2 is 2.00 bits per heavy atom. The van der Waals surface area contributed by atoms with Crippen molar-refractivity contribution in [2.24, 2.45) is 0 Å². The molecule has 0 unspecified atom stereocenters. The number of rotatable bonds is 7. The fraction of sp³-hybridized carbons (Fsp3) is 0.238. The summed E-state index contributed by atoms with van der Waals surface area (Å²) in [5, 5.41) is 13.1. The smallest absolute Gasteiger partial charge is 0.283 e. The fourth-order valence-electron chi connectivity index (χ4n) is 3.14. The zero-order valence-electron chi connectivity index (χ0n) is 16.6. The topological polar surface area (TPSA) is 90.2 Å². The average Bonchev–Trinajstić information content (AvgIpc) is 3.49. The molecule has 0 aliphatic carbocycles. The molecule has 1 amide bonds. The first-order valence-electron chi connectivity index (χ1n) is 9.53. The van der Waals surface area contributed by atoms with E-state index in [2.05, 4.69) is 15.3 Å². The molecule has 154 valence electrons. The third-order valence-electron chi connectivity index (χ3n) is 4.62. The lowest BCUT2D eigenvalue weighted by Gasteiger charge is -2.20. The molecule has 0 spiro atoms. The van der Waals surface area contributed by atoms with E-state index in [0.717, 1.165) is 17.8 Å². The molecule has 0 saturated heterocycles. The highest BCUT2D eigenvalue weighted by Crippen LogP contribution is 2.21. The van der Waals surface area contributed by atoms with E-state index in [-0.39, 0.29) is 18.3 Å². The molecule has 0 atom stereocenters. The fourth-order valence-corrected chi connectivity index (χ4v) is 3.26. The van der Waals surface area contributed by atoms with Gasteiger partial charge in [-0.15, -0.1) is 10.2 Å².